The van der Waals surface area contributed by atoms with Gasteiger partial charge in [0.05, 0.1) is 6.54 Å². The van der Waals surface area contributed by atoms with Gasteiger partial charge < -0.3 is 10.0 Å². The van der Waals surface area contributed by atoms with Crippen LogP contribution in [0.3, 0.4) is 0 Å². The molecule has 0 aromatic carbocycles. The number of imide groups is 1. The summed E-state index contributed by atoms with van der Waals surface area (Å²) in [5.41, 5.74) is -0.281. The van der Waals surface area contributed by atoms with Gasteiger partial charge in [-0.2, -0.15) is 4.39 Å². The van der Waals surface area contributed by atoms with Crippen LogP contribution in [0.5, 0.6) is 5.75 Å². The van der Waals surface area contributed by atoms with Gasteiger partial charge in [-0.15, -0.1) is 10.2 Å². The van der Waals surface area contributed by atoms with Crippen LogP contribution in [0, 0.1) is 5.95 Å². The molecule has 10 heteroatoms. The molecular weight excluding hydrogens is 349 g/mol. The van der Waals surface area contributed by atoms with E-state index in [-0.39, 0.29) is 18.5 Å². The van der Waals surface area contributed by atoms with E-state index in [0.29, 0.717) is 35.0 Å². The molecule has 0 unspecified atom stereocenters. The number of pyridine rings is 1. The number of carbonyl (C=O) groups excluding carboxylic acids is 2. The SMILES string of the molecule is CCN1C(=O)N(Cc2nnc(-c3cnc(F)c(O)c3)s2)C2(CC2)C1=O. The van der Waals surface area contributed by atoms with Crippen LogP contribution in [0.15, 0.2) is 12.3 Å². The average Bonchev–Trinajstić information content (AvgIpc) is 3.22. The Hall–Kier alpha value is -2.62. The van der Waals surface area contributed by atoms with Crippen LogP contribution in [0.2, 0.25) is 0 Å². The van der Waals surface area contributed by atoms with Crippen LogP contribution in [0.25, 0.3) is 10.6 Å². The number of halogens is 1. The van der Waals surface area contributed by atoms with Crippen molar-refractivity contribution in [1.82, 2.24) is 25.0 Å². The zero-order chi connectivity index (χ0) is 17.8. The second-order valence-corrected chi connectivity index (χ2v) is 7.05. The van der Waals surface area contributed by atoms with Crippen molar-refractivity contribution >= 4 is 23.3 Å². The lowest BCUT2D eigenvalue weighted by Gasteiger charge is -2.19. The van der Waals surface area contributed by atoms with Crippen molar-refractivity contribution in [1.29, 1.82) is 0 Å². The summed E-state index contributed by atoms with van der Waals surface area (Å²) in [6.07, 6.45) is 2.58. The normalized spacial score (nSPS) is 18.5. The minimum Gasteiger partial charge on any atom is -0.504 e. The molecule has 8 nitrogen and oxygen atoms in total. The lowest BCUT2D eigenvalue weighted by Crippen LogP contribution is -2.36. The van der Waals surface area contributed by atoms with E-state index in [1.54, 1.807) is 11.8 Å². The van der Waals surface area contributed by atoms with Crippen molar-refractivity contribution in [3.63, 3.8) is 0 Å². The molecule has 2 aromatic rings. The minimum atomic E-state index is -0.954. The van der Waals surface area contributed by atoms with Crippen LogP contribution >= 0.6 is 11.3 Å². The van der Waals surface area contributed by atoms with Crippen LogP contribution in [0.1, 0.15) is 24.8 Å². The highest BCUT2D eigenvalue weighted by Gasteiger charge is 2.64. The number of hydrogen-bond donors (Lipinski definition) is 1. The molecule has 1 saturated carbocycles. The molecule has 2 fully saturated rings. The highest BCUT2D eigenvalue weighted by atomic mass is 32.1. The zero-order valence-corrected chi connectivity index (χ0v) is 14.1. The number of rotatable bonds is 4. The van der Waals surface area contributed by atoms with Crippen LogP contribution in [-0.4, -0.2) is 54.1 Å². The van der Waals surface area contributed by atoms with Crippen LogP contribution in [-0.2, 0) is 11.3 Å². The quantitative estimate of drug-likeness (QED) is 0.656. The predicted octanol–water partition coefficient (Wildman–Crippen LogP) is 1.76. The van der Waals surface area contributed by atoms with Gasteiger partial charge in [0.1, 0.15) is 15.6 Å². The molecule has 1 saturated heterocycles. The fraction of sp³-hybridized carbons (Fsp3) is 0.400. The predicted molar refractivity (Wildman–Crippen MR) is 85.1 cm³/mol. The Morgan fingerprint density at radius 3 is 2.76 bits per heavy atom. The smallest absolute Gasteiger partial charge is 0.328 e. The van der Waals surface area contributed by atoms with Crippen molar-refractivity contribution < 1.29 is 19.1 Å². The maximum Gasteiger partial charge on any atom is 0.328 e. The third-order valence-corrected chi connectivity index (χ3v) is 5.45. The number of carbonyl (C=O) groups is 2. The summed E-state index contributed by atoms with van der Waals surface area (Å²) in [6, 6.07) is 0.918. The van der Waals surface area contributed by atoms with E-state index in [9.17, 15) is 19.1 Å². The molecule has 0 bridgehead atoms. The van der Waals surface area contributed by atoms with E-state index in [0.717, 1.165) is 0 Å². The Labute approximate surface area is 145 Å². The van der Waals surface area contributed by atoms with Crippen molar-refractivity contribution in [3.05, 3.63) is 23.2 Å². The van der Waals surface area contributed by atoms with Gasteiger partial charge in [-0.05, 0) is 25.8 Å². The zero-order valence-electron chi connectivity index (χ0n) is 13.3. The molecule has 3 amide bonds. The number of nitrogens with zero attached hydrogens (tertiary/aromatic N) is 5. The van der Waals surface area contributed by atoms with Gasteiger partial charge in [0.15, 0.2) is 5.75 Å². The molecule has 1 spiro atoms. The van der Waals surface area contributed by atoms with Gasteiger partial charge in [0.25, 0.3) is 11.9 Å². The lowest BCUT2D eigenvalue weighted by atomic mass is 10.2. The summed E-state index contributed by atoms with van der Waals surface area (Å²) in [6.45, 7) is 2.31. The van der Waals surface area contributed by atoms with Gasteiger partial charge >= 0.3 is 6.03 Å². The van der Waals surface area contributed by atoms with Gasteiger partial charge in [0, 0.05) is 18.3 Å². The third kappa shape index (κ3) is 2.36. The molecule has 0 atom stereocenters. The molecule has 2 aliphatic rings. The molecule has 1 N–H and O–H groups in total. The molecule has 1 aliphatic heterocycles. The molecule has 0 radical (unpaired) electrons. The Bertz CT molecular complexity index is 882. The Morgan fingerprint density at radius 1 is 1.36 bits per heavy atom. The van der Waals surface area contributed by atoms with Crippen molar-refractivity contribution in [2.45, 2.75) is 31.8 Å². The van der Waals surface area contributed by atoms with Gasteiger partial charge in [-0.1, -0.05) is 11.3 Å². The van der Waals surface area contributed by atoms with Crippen LogP contribution < -0.4 is 0 Å². The average molecular weight is 363 g/mol. The number of likely N-dealkylation sites (N-methyl/N-ethyl adjacent to an activating group) is 1. The summed E-state index contributed by atoms with van der Waals surface area (Å²) in [5.74, 6) is -1.66. The molecular formula is C15H14FN5O3S. The van der Waals surface area contributed by atoms with Gasteiger partial charge in [-0.3, -0.25) is 9.69 Å². The van der Waals surface area contributed by atoms with E-state index in [2.05, 4.69) is 15.2 Å². The minimum absolute atomic E-state index is 0.141. The molecule has 2 aromatic heterocycles. The topological polar surface area (TPSA) is 99.5 Å². The Balaban J connectivity index is 1.58. The van der Waals surface area contributed by atoms with Crippen molar-refractivity contribution in [2.75, 3.05) is 6.54 Å². The Morgan fingerprint density at radius 2 is 2.12 bits per heavy atom. The standard InChI is InChI=1S/C15H14FN5O3S/c1-2-20-13(23)15(3-4-15)21(14(20)24)7-10-18-19-12(25-10)8-5-9(22)11(16)17-6-8/h5-6,22H,2-4,7H2,1H3. The first-order valence-electron chi connectivity index (χ1n) is 7.77. The summed E-state index contributed by atoms with van der Waals surface area (Å²) in [4.78, 5) is 31.1. The maximum atomic E-state index is 13.1. The summed E-state index contributed by atoms with van der Waals surface area (Å²) in [5, 5.41) is 18.5. The highest BCUT2D eigenvalue weighted by molar-refractivity contribution is 7.14. The number of amides is 3. The number of aromatic hydroxyl groups is 1. The molecule has 4 rings (SSSR count). The molecule has 1 aliphatic carbocycles. The number of hydrogen-bond acceptors (Lipinski definition) is 7. The first kappa shape index (κ1) is 15.9. The second-order valence-electron chi connectivity index (χ2n) is 5.98. The largest absolute Gasteiger partial charge is 0.504 e. The van der Waals surface area contributed by atoms with Crippen molar-refractivity contribution in [3.8, 4) is 16.3 Å². The van der Waals surface area contributed by atoms with E-state index < -0.39 is 17.2 Å². The van der Waals surface area contributed by atoms with Crippen molar-refractivity contribution in [2.24, 2.45) is 0 Å². The van der Waals surface area contributed by atoms with Gasteiger partial charge in [0.2, 0.25) is 0 Å². The summed E-state index contributed by atoms with van der Waals surface area (Å²) < 4.78 is 13.1. The number of aromatic nitrogens is 3. The fourth-order valence-electron chi connectivity index (χ4n) is 3.01. The highest BCUT2D eigenvalue weighted by Crippen LogP contribution is 2.48. The summed E-state index contributed by atoms with van der Waals surface area (Å²) >= 11 is 1.21. The molecule has 3 heterocycles. The van der Waals surface area contributed by atoms with Gasteiger partial charge in [-0.25, -0.2) is 9.78 Å². The number of urea groups is 1. The molecule has 25 heavy (non-hydrogen) atoms. The Kier molecular flexibility index (Phi) is 3.46. The fourth-order valence-corrected chi connectivity index (χ4v) is 3.81. The molecule has 130 valence electrons. The summed E-state index contributed by atoms with van der Waals surface area (Å²) in [7, 11) is 0. The monoisotopic (exact) mass is 363 g/mol. The van der Waals surface area contributed by atoms with Crippen LogP contribution in [0.4, 0.5) is 9.18 Å². The van der Waals surface area contributed by atoms with E-state index in [1.807, 2.05) is 0 Å². The third-order valence-electron chi connectivity index (χ3n) is 4.49. The van der Waals surface area contributed by atoms with E-state index in [4.69, 9.17) is 0 Å². The second kappa shape index (κ2) is 5.45. The first-order valence-corrected chi connectivity index (χ1v) is 8.59. The van der Waals surface area contributed by atoms with E-state index in [1.165, 1.54) is 28.5 Å². The maximum absolute atomic E-state index is 13.1. The first-order chi connectivity index (χ1) is 12.0. The lowest BCUT2D eigenvalue weighted by molar-refractivity contribution is -0.129. The van der Waals surface area contributed by atoms with E-state index >= 15 is 0 Å².